The number of carbonyl (C=O) groups excluding carboxylic acids is 2. The minimum Gasteiger partial charge on any atom is -0.415 e. The Morgan fingerprint density at radius 3 is 1.63 bits per heavy atom. The van der Waals surface area contributed by atoms with Crippen LogP contribution in [0.15, 0.2) is 89.3 Å². The number of sulfonamides is 2. The number of hydrogen-bond donors (Lipinski definition) is 1. The highest BCUT2D eigenvalue weighted by molar-refractivity contribution is 7.92. The molecule has 1 N–H and O–H groups in total. The molecule has 0 fully saturated rings. The van der Waals surface area contributed by atoms with E-state index in [0.717, 1.165) is 38.8 Å². The molecule has 0 bridgehead atoms. The van der Waals surface area contributed by atoms with Gasteiger partial charge in [-0.1, -0.05) is 54.6 Å². The van der Waals surface area contributed by atoms with Crippen molar-refractivity contribution < 1.29 is 57.2 Å². The van der Waals surface area contributed by atoms with Crippen LogP contribution < -0.4 is 13.9 Å². The van der Waals surface area contributed by atoms with Crippen molar-refractivity contribution in [1.29, 1.82) is 0 Å². The summed E-state index contributed by atoms with van der Waals surface area (Å²) < 4.78 is 134. The summed E-state index contributed by atoms with van der Waals surface area (Å²) in [6.07, 6.45) is -4.15. The molecule has 0 saturated heterocycles. The molecule has 20 heteroatoms. The van der Waals surface area contributed by atoms with Gasteiger partial charge in [0.1, 0.15) is 11.6 Å². The summed E-state index contributed by atoms with van der Waals surface area (Å²) in [5.41, 5.74) is 2.33. The number of Topliss-reactive ketones (excluding diaryl/α,β-unsaturated/α-hetero) is 1. The zero-order chi connectivity index (χ0) is 42.2. The standard InChI is InChI=1S/C19H19F3N2O4S.C18H16F3N3O3S/c1-12-5-3-4-6-16(12)24(29(2,27)28)11-14-8-7-13(9-15(14)20)17(25)10-23-19(26)18(21)22;1-11-5-3-4-6-15(11)24(28(2,25)26)10-13-8-7-12(9-14(13)19)17-22-23-18(27-17)16(20)21/h3-9,18H,10-11H2,1-2H3,(H,23,26);3-9,16H,10H2,1-2H3. The third-order valence-corrected chi connectivity index (χ3v) is 10.4. The van der Waals surface area contributed by atoms with E-state index >= 15 is 0 Å². The van der Waals surface area contributed by atoms with Gasteiger partial charge in [-0.2, -0.15) is 17.6 Å². The maximum atomic E-state index is 14.6. The normalized spacial score (nSPS) is 11.6. The van der Waals surface area contributed by atoms with Crippen molar-refractivity contribution in [1.82, 2.24) is 15.5 Å². The molecule has 5 rings (SSSR count). The fourth-order valence-corrected chi connectivity index (χ4v) is 7.07. The Labute approximate surface area is 324 Å². The van der Waals surface area contributed by atoms with Gasteiger partial charge in [0, 0.05) is 22.3 Å². The predicted octanol–water partition coefficient (Wildman–Crippen LogP) is 6.75. The zero-order valence-corrected chi connectivity index (χ0v) is 32.2. The number of amides is 1. The molecule has 0 saturated carbocycles. The molecule has 1 amide bonds. The lowest BCUT2D eigenvalue weighted by Crippen LogP contribution is -2.34. The van der Waals surface area contributed by atoms with Crippen LogP contribution in [0, 0.1) is 25.5 Å². The molecule has 0 atom stereocenters. The van der Waals surface area contributed by atoms with E-state index in [9.17, 15) is 52.8 Å². The molecule has 12 nitrogen and oxygen atoms in total. The first kappa shape index (κ1) is 44.0. The van der Waals surface area contributed by atoms with Gasteiger partial charge in [0.25, 0.3) is 11.8 Å². The second-order valence-electron chi connectivity index (χ2n) is 12.4. The van der Waals surface area contributed by atoms with Crippen LogP contribution in [0.2, 0.25) is 0 Å². The summed E-state index contributed by atoms with van der Waals surface area (Å²) in [6.45, 7) is 2.23. The van der Waals surface area contributed by atoms with E-state index in [1.165, 1.54) is 24.3 Å². The van der Waals surface area contributed by atoms with E-state index < -0.39 is 68.7 Å². The summed E-state index contributed by atoms with van der Waals surface area (Å²) in [5.74, 6) is -5.03. The van der Waals surface area contributed by atoms with Crippen LogP contribution in [-0.4, -0.2) is 64.2 Å². The number of para-hydroxylation sites is 2. The van der Waals surface area contributed by atoms with Crippen LogP contribution in [0.4, 0.5) is 37.7 Å². The van der Waals surface area contributed by atoms with Crippen LogP contribution in [0.25, 0.3) is 11.5 Å². The third-order valence-electron chi connectivity index (χ3n) is 8.12. The van der Waals surface area contributed by atoms with Crippen LogP contribution in [0.1, 0.15) is 44.9 Å². The van der Waals surface area contributed by atoms with Gasteiger partial charge in [-0.05, 0) is 55.3 Å². The Hall–Kier alpha value is -5.76. The second-order valence-corrected chi connectivity index (χ2v) is 16.2. The largest absolute Gasteiger partial charge is 0.415 e. The van der Waals surface area contributed by atoms with Crippen molar-refractivity contribution in [3.05, 3.63) is 130 Å². The third kappa shape index (κ3) is 11.6. The van der Waals surface area contributed by atoms with Crippen molar-refractivity contribution in [2.45, 2.75) is 39.8 Å². The summed E-state index contributed by atoms with van der Waals surface area (Å²) in [5, 5.41) is 8.41. The minimum absolute atomic E-state index is 0.0202. The number of aryl methyl sites for hydroxylation is 2. The van der Waals surface area contributed by atoms with Gasteiger partial charge in [0.05, 0.1) is 43.5 Å². The number of anilines is 2. The predicted molar refractivity (Wildman–Crippen MR) is 199 cm³/mol. The lowest BCUT2D eigenvalue weighted by molar-refractivity contribution is -0.131. The number of nitrogens with zero attached hydrogens (tertiary/aromatic N) is 4. The van der Waals surface area contributed by atoms with Crippen LogP contribution in [0.5, 0.6) is 0 Å². The van der Waals surface area contributed by atoms with Crippen LogP contribution >= 0.6 is 0 Å². The fourth-order valence-electron chi connectivity index (χ4n) is 5.20. The van der Waals surface area contributed by atoms with Crippen molar-refractivity contribution in [3.8, 4) is 11.5 Å². The monoisotopic (exact) mass is 839 g/mol. The molecule has 0 aliphatic heterocycles. The van der Waals surface area contributed by atoms with E-state index in [0.29, 0.717) is 16.9 Å². The first-order valence-electron chi connectivity index (χ1n) is 16.5. The first-order chi connectivity index (χ1) is 26.7. The molecule has 0 spiro atoms. The van der Waals surface area contributed by atoms with Gasteiger partial charge >= 0.3 is 12.9 Å². The van der Waals surface area contributed by atoms with Gasteiger partial charge in [0.2, 0.25) is 25.9 Å². The molecule has 1 heterocycles. The molecule has 0 unspecified atom stereocenters. The smallest absolute Gasteiger partial charge is 0.315 e. The van der Waals surface area contributed by atoms with Gasteiger partial charge in [-0.3, -0.25) is 18.2 Å². The highest BCUT2D eigenvalue weighted by atomic mass is 32.2. The first-order valence-corrected chi connectivity index (χ1v) is 20.2. The number of rotatable bonds is 14. The Morgan fingerprint density at radius 1 is 0.719 bits per heavy atom. The highest BCUT2D eigenvalue weighted by Crippen LogP contribution is 2.29. The van der Waals surface area contributed by atoms with Gasteiger partial charge in [-0.15, -0.1) is 10.2 Å². The number of halogens is 6. The van der Waals surface area contributed by atoms with Gasteiger partial charge < -0.3 is 9.73 Å². The average Bonchev–Trinajstić information content (AvgIpc) is 3.64. The van der Waals surface area contributed by atoms with Crippen LogP contribution in [-0.2, 0) is 37.9 Å². The number of alkyl halides is 4. The molecular formula is C37H35F6N5O7S2. The molecule has 0 radical (unpaired) electrons. The molecule has 5 aromatic rings. The topological polar surface area (TPSA) is 160 Å². The molecule has 0 aliphatic carbocycles. The van der Waals surface area contributed by atoms with E-state index in [1.807, 2.05) is 0 Å². The number of nitrogens with one attached hydrogen (secondary N) is 1. The number of carbonyl (C=O) groups is 2. The Balaban J connectivity index is 0.000000253. The maximum absolute atomic E-state index is 14.6. The lowest BCUT2D eigenvalue weighted by Gasteiger charge is -2.24. The molecule has 0 aliphatic rings. The van der Waals surface area contributed by atoms with E-state index in [2.05, 4.69) is 10.2 Å². The average molecular weight is 840 g/mol. The highest BCUT2D eigenvalue weighted by Gasteiger charge is 2.24. The van der Waals surface area contributed by atoms with Crippen molar-refractivity contribution in [2.75, 3.05) is 27.7 Å². The molecule has 57 heavy (non-hydrogen) atoms. The zero-order valence-electron chi connectivity index (χ0n) is 30.6. The Kier molecular flexibility index (Phi) is 14.2. The number of benzene rings is 4. The molecule has 304 valence electrons. The molecular weight excluding hydrogens is 805 g/mol. The Bertz CT molecular complexity index is 2470. The van der Waals surface area contributed by atoms with Crippen molar-refractivity contribution in [3.63, 3.8) is 0 Å². The summed E-state index contributed by atoms with van der Waals surface area (Å²) in [7, 11) is -7.41. The minimum atomic E-state index is -3.73. The van der Waals surface area contributed by atoms with E-state index in [-0.39, 0.29) is 41.2 Å². The van der Waals surface area contributed by atoms with Crippen molar-refractivity contribution in [2.24, 2.45) is 0 Å². The molecule has 4 aromatic carbocycles. The van der Waals surface area contributed by atoms with E-state index in [4.69, 9.17) is 4.42 Å². The quantitative estimate of drug-likeness (QED) is 0.0943. The maximum Gasteiger partial charge on any atom is 0.315 e. The SMILES string of the molecule is Cc1ccccc1N(Cc1ccc(-c2nnc(C(F)F)o2)cc1F)S(C)(=O)=O.Cc1ccccc1N(Cc1ccc(C(=O)CNC(=O)C(F)F)cc1F)S(C)(=O)=O. The van der Waals surface area contributed by atoms with Crippen LogP contribution in [0.3, 0.4) is 0 Å². The second kappa shape index (κ2) is 18.5. The van der Waals surface area contributed by atoms with Gasteiger partial charge in [-0.25, -0.2) is 25.6 Å². The van der Waals surface area contributed by atoms with Gasteiger partial charge in [0.15, 0.2) is 5.78 Å². The van der Waals surface area contributed by atoms with E-state index in [1.54, 1.807) is 67.7 Å². The lowest BCUT2D eigenvalue weighted by atomic mass is 10.1. The number of ketones is 1. The molecule has 1 aromatic heterocycles. The summed E-state index contributed by atoms with van der Waals surface area (Å²) in [4.78, 5) is 22.8. The Morgan fingerprint density at radius 2 is 1.21 bits per heavy atom. The number of hydrogen-bond acceptors (Lipinski definition) is 9. The fraction of sp³-hybridized carbons (Fsp3) is 0.243. The summed E-state index contributed by atoms with van der Waals surface area (Å²) in [6, 6.07) is 20.7. The number of aromatic nitrogens is 2. The summed E-state index contributed by atoms with van der Waals surface area (Å²) >= 11 is 0. The van der Waals surface area contributed by atoms with Crippen molar-refractivity contribution >= 4 is 43.1 Å².